The second kappa shape index (κ2) is 13.8. The SMILES string of the molecule is CC(C)(C)S(=O)(=O)NC(CCC1CC1)(c1cccc(C#N)c1)c1ccc(F)c(NC(=O)[C@H]2C[C@@H](N)CN2C(=O)Nc2ccc(Cl)cc2)c1. The van der Waals surface area contributed by atoms with E-state index in [-0.39, 0.29) is 18.7 Å². The normalized spacial score (nSPS) is 19.3. The molecule has 3 amide bonds. The number of anilines is 2. The number of benzene rings is 3. The van der Waals surface area contributed by atoms with E-state index in [0.717, 1.165) is 12.8 Å². The Morgan fingerprint density at radius 2 is 1.73 bits per heavy atom. The number of nitrogens with one attached hydrogen (secondary N) is 3. The highest BCUT2D eigenvalue weighted by molar-refractivity contribution is 7.90. The number of halogens is 2. The molecule has 3 aromatic carbocycles. The van der Waals surface area contributed by atoms with Gasteiger partial charge in [-0.3, -0.25) is 4.79 Å². The Morgan fingerprint density at radius 3 is 2.38 bits per heavy atom. The Morgan fingerprint density at radius 1 is 1.04 bits per heavy atom. The molecule has 5 N–H and O–H groups in total. The van der Waals surface area contributed by atoms with Crippen LogP contribution in [0.1, 0.15) is 69.6 Å². The first-order valence-electron chi connectivity index (χ1n) is 15.9. The van der Waals surface area contributed by atoms with Gasteiger partial charge in [0.1, 0.15) is 11.9 Å². The maximum atomic E-state index is 15.5. The third kappa shape index (κ3) is 7.81. The van der Waals surface area contributed by atoms with Crippen molar-refractivity contribution in [2.24, 2.45) is 11.7 Å². The first-order chi connectivity index (χ1) is 22.6. The predicted molar refractivity (Wildman–Crippen MR) is 184 cm³/mol. The molecule has 254 valence electrons. The van der Waals surface area contributed by atoms with Crippen molar-refractivity contribution in [1.29, 1.82) is 5.26 Å². The van der Waals surface area contributed by atoms with E-state index in [1.807, 2.05) is 0 Å². The number of nitrogens with zero attached hydrogens (tertiary/aromatic N) is 2. The van der Waals surface area contributed by atoms with Crippen molar-refractivity contribution >= 4 is 44.9 Å². The molecule has 0 radical (unpaired) electrons. The number of nitrogens with two attached hydrogens (primary N) is 1. The average Bonchev–Trinajstić information content (AvgIpc) is 3.79. The van der Waals surface area contributed by atoms with Crippen LogP contribution in [0.4, 0.5) is 20.6 Å². The number of sulfonamides is 1. The van der Waals surface area contributed by atoms with Gasteiger partial charge in [0.2, 0.25) is 15.9 Å². The van der Waals surface area contributed by atoms with Crippen LogP contribution < -0.4 is 21.1 Å². The first-order valence-corrected chi connectivity index (χ1v) is 17.7. The molecule has 1 heterocycles. The average molecular weight is 695 g/mol. The largest absolute Gasteiger partial charge is 0.326 e. The maximum absolute atomic E-state index is 15.5. The Hall–Kier alpha value is -4.02. The number of nitriles is 1. The molecule has 1 saturated carbocycles. The topological polar surface area (TPSA) is 157 Å². The highest BCUT2D eigenvalue weighted by Gasteiger charge is 2.44. The van der Waals surface area contributed by atoms with Crippen LogP contribution in [-0.4, -0.2) is 48.6 Å². The van der Waals surface area contributed by atoms with Crippen molar-refractivity contribution in [1.82, 2.24) is 9.62 Å². The van der Waals surface area contributed by atoms with Crippen LogP contribution in [0.3, 0.4) is 0 Å². The number of likely N-dealkylation sites (tertiary alicyclic amines) is 1. The summed E-state index contributed by atoms with van der Waals surface area (Å²) in [5, 5.41) is 15.6. The van der Waals surface area contributed by atoms with Gasteiger partial charge in [-0.15, -0.1) is 0 Å². The minimum Gasteiger partial charge on any atom is -0.326 e. The second-order valence-electron chi connectivity index (χ2n) is 13.6. The Balaban J connectivity index is 1.51. The smallest absolute Gasteiger partial charge is 0.322 e. The molecule has 2 aliphatic rings. The summed E-state index contributed by atoms with van der Waals surface area (Å²) in [7, 11) is -4.00. The van der Waals surface area contributed by atoms with E-state index in [9.17, 15) is 23.3 Å². The molecule has 1 aliphatic carbocycles. The molecule has 0 bridgehead atoms. The zero-order valence-corrected chi connectivity index (χ0v) is 28.7. The van der Waals surface area contributed by atoms with E-state index in [1.54, 1.807) is 69.3 Å². The number of rotatable bonds is 10. The fourth-order valence-corrected chi connectivity index (χ4v) is 7.09. The lowest BCUT2D eigenvalue weighted by Gasteiger charge is -2.38. The summed E-state index contributed by atoms with van der Waals surface area (Å²) in [5.74, 6) is -0.971. The Kier molecular flexibility index (Phi) is 10.2. The van der Waals surface area contributed by atoms with Crippen LogP contribution in [0.5, 0.6) is 0 Å². The minimum absolute atomic E-state index is 0.105. The standard InChI is InChI=1S/C35H40ClFN6O4S/c1-34(2,3)48(46,47)42-35(16-15-22-7-8-22,24-6-4-5-23(17-24)20-38)25-9-14-29(37)30(18-25)41-32(44)31-19-27(39)21-43(31)33(45)40-28-12-10-26(36)11-13-28/h4-6,9-14,17-18,22,27,31,42H,7-8,15-16,19,21,39H2,1-3H3,(H,40,45)(H,41,44)/t27-,31-,35?/m1/s1. The van der Waals surface area contributed by atoms with E-state index in [0.29, 0.717) is 46.2 Å². The highest BCUT2D eigenvalue weighted by atomic mass is 35.5. The summed E-state index contributed by atoms with van der Waals surface area (Å²) in [6.45, 7) is 4.87. The molecule has 13 heteroatoms. The number of urea groups is 1. The van der Waals surface area contributed by atoms with Crippen LogP contribution in [0.2, 0.25) is 5.02 Å². The summed E-state index contributed by atoms with van der Waals surface area (Å²) >= 11 is 5.95. The van der Waals surface area contributed by atoms with Crippen LogP contribution in [0, 0.1) is 23.1 Å². The van der Waals surface area contributed by atoms with Gasteiger partial charge in [-0.1, -0.05) is 42.6 Å². The fraction of sp³-hybridized carbons (Fsp3) is 0.400. The minimum atomic E-state index is -4.00. The number of amides is 3. The molecule has 3 atom stereocenters. The summed E-state index contributed by atoms with van der Waals surface area (Å²) in [5.41, 5.74) is 6.32. The van der Waals surface area contributed by atoms with Crippen LogP contribution in [0.25, 0.3) is 0 Å². The van der Waals surface area contributed by atoms with Gasteiger partial charge < -0.3 is 21.3 Å². The van der Waals surface area contributed by atoms with Crippen molar-refractivity contribution in [2.45, 2.75) is 75.2 Å². The number of carbonyl (C=O) groups is 2. The van der Waals surface area contributed by atoms with Gasteiger partial charge in [-0.25, -0.2) is 22.3 Å². The molecule has 1 aliphatic heterocycles. The van der Waals surface area contributed by atoms with Gasteiger partial charge in [0, 0.05) is 23.3 Å². The molecule has 2 fully saturated rings. The third-order valence-corrected chi connectivity index (χ3v) is 11.4. The Labute approximate surface area is 285 Å². The van der Waals surface area contributed by atoms with Gasteiger partial charge >= 0.3 is 6.03 Å². The molecular formula is C35H40ClFN6O4S. The number of hydrogen-bond donors (Lipinski definition) is 4. The van der Waals surface area contributed by atoms with Crippen molar-refractivity contribution < 1.29 is 22.4 Å². The lowest BCUT2D eigenvalue weighted by molar-refractivity contribution is -0.119. The van der Waals surface area contributed by atoms with Crippen LogP contribution in [0.15, 0.2) is 66.7 Å². The lowest BCUT2D eigenvalue weighted by atomic mass is 9.79. The monoisotopic (exact) mass is 694 g/mol. The van der Waals surface area contributed by atoms with Gasteiger partial charge in [0.15, 0.2) is 0 Å². The van der Waals surface area contributed by atoms with Crippen molar-refractivity contribution in [3.8, 4) is 6.07 Å². The molecule has 1 saturated heterocycles. The third-order valence-electron chi connectivity index (χ3n) is 8.93. The summed E-state index contributed by atoms with van der Waals surface area (Å²) < 4.78 is 44.9. The molecule has 5 rings (SSSR count). The lowest BCUT2D eigenvalue weighted by Crippen LogP contribution is -2.52. The molecule has 3 aromatic rings. The predicted octanol–water partition coefficient (Wildman–Crippen LogP) is 6.07. The number of hydrogen-bond acceptors (Lipinski definition) is 6. The van der Waals surface area contributed by atoms with E-state index >= 15 is 4.39 Å². The summed E-state index contributed by atoms with van der Waals surface area (Å²) in [6.07, 6.45) is 3.21. The van der Waals surface area contributed by atoms with Gasteiger partial charge in [0.05, 0.1) is 27.6 Å². The molecule has 48 heavy (non-hydrogen) atoms. The van der Waals surface area contributed by atoms with E-state index in [1.165, 1.54) is 23.1 Å². The summed E-state index contributed by atoms with van der Waals surface area (Å²) in [6, 6.07) is 17.4. The molecular weight excluding hydrogens is 655 g/mol. The number of carbonyl (C=O) groups excluding carboxylic acids is 2. The van der Waals surface area contributed by atoms with Gasteiger partial charge in [-0.2, -0.15) is 5.26 Å². The molecule has 10 nitrogen and oxygen atoms in total. The summed E-state index contributed by atoms with van der Waals surface area (Å²) in [4.78, 5) is 28.2. The van der Waals surface area contributed by atoms with Crippen molar-refractivity contribution in [3.63, 3.8) is 0 Å². The fourth-order valence-electron chi connectivity index (χ4n) is 5.86. The second-order valence-corrected chi connectivity index (χ2v) is 16.5. The first kappa shape index (κ1) is 35.3. The van der Waals surface area contributed by atoms with Crippen molar-refractivity contribution in [2.75, 3.05) is 17.2 Å². The maximum Gasteiger partial charge on any atom is 0.322 e. The zero-order valence-electron chi connectivity index (χ0n) is 27.1. The van der Waals surface area contributed by atoms with E-state index in [2.05, 4.69) is 21.4 Å². The van der Waals surface area contributed by atoms with E-state index < -0.39 is 50.1 Å². The van der Waals surface area contributed by atoms with E-state index in [4.69, 9.17) is 17.3 Å². The highest BCUT2D eigenvalue weighted by Crippen LogP contribution is 2.43. The van der Waals surface area contributed by atoms with Crippen molar-refractivity contribution in [3.05, 3.63) is 94.3 Å². The quantitative estimate of drug-likeness (QED) is 0.202. The molecule has 0 spiro atoms. The van der Waals surface area contributed by atoms with Crippen LogP contribution >= 0.6 is 11.6 Å². The zero-order chi connectivity index (χ0) is 34.9. The van der Waals surface area contributed by atoms with Crippen LogP contribution in [-0.2, 0) is 20.4 Å². The van der Waals surface area contributed by atoms with Gasteiger partial charge in [-0.05, 0) is 106 Å². The Bertz CT molecular complexity index is 1840. The molecule has 1 unspecified atom stereocenters. The molecule has 0 aromatic heterocycles. The van der Waals surface area contributed by atoms with Gasteiger partial charge in [0.25, 0.3) is 0 Å².